The quantitative estimate of drug-likeness (QED) is 0.194. The van der Waals surface area contributed by atoms with Crippen LogP contribution < -0.4 is 4.90 Å². The van der Waals surface area contributed by atoms with Crippen LogP contribution >= 0.6 is 11.3 Å². The van der Waals surface area contributed by atoms with Crippen molar-refractivity contribution in [3.8, 4) is 11.1 Å². The summed E-state index contributed by atoms with van der Waals surface area (Å²) in [6.07, 6.45) is 0. The van der Waals surface area contributed by atoms with Crippen LogP contribution in [0, 0.1) is 0 Å². The topological polar surface area (TPSA) is 16.4 Å². The van der Waals surface area contributed by atoms with E-state index in [9.17, 15) is 0 Å². The predicted octanol–water partition coefficient (Wildman–Crippen LogP) is 13.5. The van der Waals surface area contributed by atoms with Crippen molar-refractivity contribution in [3.05, 3.63) is 151 Å². The van der Waals surface area contributed by atoms with Crippen LogP contribution in [0.1, 0.15) is 26.3 Å². The van der Waals surface area contributed by atoms with Crippen molar-refractivity contribution >= 4 is 81.3 Å². The first kappa shape index (κ1) is 27.9. The van der Waals surface area contributed by atoms with E-state index in [2.05, 4.69) is 165 Å². The minimum Gasteiger partial charge on any atom is -0.454 e. The van der Waals surface area contributed by atoms with Crippen molar-refractivity contribution in [1.29, 1.82) is 0 Å². The number of rotatable bonds is 4. The molecule has 9 rings (SSSR count). The predicted molar refractivity (Wildman–Crippen MR) is 203 cm³/mol. The number of anilines is 3. The first-order valence-electron chi connectivity index (χ1n) is 16.2. The summed E-state index contributed by atoms with van der Waals surface area (Å²) in [6, 6.07) is 52.5. The highest BCUT2D eigenvalue weighted by Crippen LogP contribution is 2.49. The summed E-state index contributed by atoms with van der Waals surface area (Å²) < 4.78 is 9.27. The van der Waals surface area contributed by atoms with E-state index in [0.29, 0.717) is 0 Å². The van der Waals surface area contributed by atoms with Gasteiger partial charge in [0.15, 0.2) is 5.58 Å². The number of furan rings is 1. The second-order valence-electron chi connectivity index (χ2n) is 13.3. The molecule has 0 aliphatic rings. The van der Waals surface area contributed by atoms with Gasteiger partial charge in [-0.1, -0.05) is 136 Å². The number of hydrogen-bond acceptors (Lipinski definition) is 3. The first-order chi connectivity index (χ1) is 23.0. The van der Waals surface area contributed by atoms with Crippen LogP contribution in [0.5, 0.6) is 0 Å². The summed E-state index contributed by atoms with van der Waals surface area (Å²) in [5.74, 6) is 0. The molecular formula is C44H33NOS. The van der Waals surface area contributed by atoms with Crippen LogP contribution in [-0.2, 0) is 5.41 Å². The van der Waals surface area contributed by atoms with E-state index in [1.54, 1.807) is 0 Å². The summed E-state index contributed by atoms with van der Waals surface area (Å²) >= 11 is 1.90. The molecule has 0 aliphatic heterocycles. The van der Waals surface area contributed by atoms with Gasteiger partial charge >= 0.3 is 0 Å². The summed E-state index contributed by atoms with van der Waals surface area (Å²) in [5, 5.41) is 7.35. The van der Waals surface area contributed by atoms with Crippen LogP contribution in [0.3, 0.4) is 0 Å². The molecule has 47 heavy (non-hydrogen) atoms. The Morgan fingerprint density at radius 2 is 1.13 bits per heavy atom. The lowest BCUT2D eigenvalue weighted by molar-refractivity contribution is 0.597. The normalized spacial score (nSPS) is 12.1. The van der Waals surface area contributed by atoms with Gasteiger partial charge in [0.2, 0.25) is 0 Å². The van der Waals surface area contributed by atoms with Gasteiger partial charge in [0.1, 0.15) is 5.58 Å². The third-order valence-electron chi connectivity index (χ3n) is 9.40. The molecule has 0 saturated heterocycles. The highest BCUT2D eigenvalue weighted by molar-refractivity contribution is 7.26. The van der Waals surface area contributed by atoms with Crippen molar-refractivity contribution < 1.29 is 4.42 Å². The van der Waals surface area contributed by atoms with Gasteiger partial charge in [-0.3, -0.25) is 0 Å². The number of para-hydroxylation sites is 2. The van der Waals surface area contributed by atoms with Gasteiger partial charge < -0.3 is 9.32 Å². The Morgan fingerprint density at radius 3 is 1.94 bits per heavy atom. The molecule has 0 fully saturated rings. The van der Waals surface area contributed by atoms with Crippen LogP contribution in [0.4, 0.5) is 17.1 Å². The minimum absolute atomic E-state index is 0.0392. The zero-order valence-corrected chi connectivity index (χ0v) is 27.4. The Kier molecular flexibility index (Phi) is 6.28. The standard InChI is InChI=1S/C44H33NOS/c1-44(2,3)37-20-9-18-35-36-19-11-22-39(43(36)47-42(35)37)45(38-21-10-17-34-33-15-6-7-23-40(33)46-41(34)38)30-26-24-29(25-27-30)32-16-8-13-28-12-4-5-14-31(28)32/h4-27H,1-3H3. The fraction of sp³-hybridized carbons (Fsp3) is 0.0909. The van der Waals surface area contributed by atoms with Crippen molar-refractivity contribution in [1.82, 2.24) is 0 Å². The average Bonchev–Trinajstić information content (AvgIpc) is 3.68. The molecule has 2 nitrogen and oxygen atoms in total. The third kappa shape index (κ3) is 4.45. The summed E-state index contributed by atoms with van der Waals surface area (Å²) in [4.78, 5) is 2.39. The summed E-state index contributed by atoms with van der Waals surface area (Å²) in [6.45, 7) is 6.91. The Hall–Kier alpha value is -5.38. The Bertz CT molecular complexity index is 2610. The molecule has 226 valence electrons. The smallest absolute Gasteiger partial charge is 0.159 e. The zero-order chi connectivity index (χ0) is 31.7. The van der Waals surface area contributed by atoms with E-state index in [1.807, 2.05) is 17.4 Å². The molecular weight excluding hydrogens is 591 g/mol. The maximum atomic E-state index is 6.65. The molecule has 0 amide bonds. The average molecular weight is 624 g/mol. The van der Waals surface area contributed by atoms with Gasteiger partial charge in [-0.05, 0) is 63.2 Å². The van der Waals surface area contributed by atoms with Gasteiger partial charge in [-0.2, -0.15) is 0 Å². The van der Waals surface area contributed by atoms with E-state index in [0.717, 1.165) is 39.0 Å². The number of nitrogens with zero attached hydrogens (tertiary/aromatic N) is 1. The maximum absolute atomic E-state index is 6.65. The Balaban J connectivity index is 1.30. The largest absolute Gasteiger partial charge is 0.454 e. The van der Waals surface area contributed by atoms with Gasteiger partial charge in [0.05, 0.1) is 16.1 Å². The fourth-order valence-electron chi connectivity index (χ4n) is 7.16. The van der Waals surface area contributed by atoms with Crippen LogP contribution in [0.15, 0.2) is 150 Å². The SMILES string of the molecule is CC(C)(C)c1cccc2c1sc1c(N(c3ccc(-c4cccc5ccccc45)cc3)c3cccc4c3oc3ccccc34)cccc12. The van der Waals surface area contributed by atoms with Crippen LogP contribution in [-0.4, -0.2) is 0 Å². The molecule has 3 heteroatoms. The zero-order valence-electron chi connectivity index (χ0n) is 26.6. The summed E-state index contributed by atoms with van der Waals surface area (Å²) in [5.41, 5.74) is 8.90. The highest BCUT2D eigenvalue weighted by Gasteiger charge is 2.24. The van der Waals surface area contributed by atoms with Crippen molar-refractivity contribution in [2.75, 3.05) is 4.90 Å². The lowest BCUT2D eigenvalue weighted by atomic mass is 9.86. The molecule has 0 unspecified atom stereocenters. The van der Waals surface area contributed by atoms with Crippen molar-refractivity contribution in [2.24, 2.45) is 0 Å². The molecule has 9 aromatic rings. The van der Waals surface area contributed by atoms with Crippen molar-refractivity contribution in [3.63, 3.8) is 0 Å². The second kappa shape index (κ2) is 10.6. The lowest BCUT2D eigenvalue weighted by Gasteiger charge is -2.26. The van der Waals surface area contributed by atoms with Gasteiger partial charge in [-0.15, -0.1) is 11.3 Å². The van der Waals surface area contributed by atoms with E-state index < -0.39 is 0 Å². The lowest BCUT2D eigenvalue weighted by Crippen LogP contribution is -2.10. The minimum atomic E-state index is 0.0392. The maximum Gasteiger partial charge on any atom is 0.159 e. The highest BCUT2D eigenvalue weighted by atomic mass is 32.1. The van der Waals surface area contributed by atoms with E-state index >= 15 is 0 Å². The molecule has 0 atom stereocenters. The number of benzene rings is 7. The number of hydrogen-bond donors (Lipinski definition) is 0. The van der Waals surface area contributed by atoms with Crippen LogP contribution in [0.2, 0.25) is 0 Å². The molecule has 7 aromatic carbocycles. The Labute approximate surface area is 278 Å². The molecule has 2 heterocycles. The monoisotopic (exact) mass is 623 g/mol. The van der Waals surface area contributed by atoms with Gasteiger partial charge in [0, 0.05) is 31.9 Å². The second-order valence-corrected chi connectivity index (χ2v) is 14.4. The molecule has 0 bridgehead atoms. The van der Waals surface area contributed by atoms with Crippen molar-refractivity contribution in [2.45, 2.75) is 26.2 Å². The van der Waals surface area contributed by atoms with E-state index in [1.165, 1.54) is 47.6 Å². The summed E-state index contributed by atoms with van der Waals surface area (Å²) in [7, 11) is 0. The molecule has 0 saturated carbocycles. The fourth-order valence-corrected chi connectivity index (χ4v) is 8.68. The first-order valence-corrected chi connectivity index (χ1v) is 17.0. The van der Waals surface area contributed by atoms with E-state index in [-0.39, 0.29) is 5.41 Å². The molecule has 0 N–H and O–H groups in total. The van der Waals surface area contributed by atoms with E-state index in [4.69, 9.17) is 4.42 Å². The number of thiophene rings is 1. The molecule has 0 aliphatic carbocycles. The van der Waals surface area contributed by atoms with Gasteiger partial charge in [0.25, 0.3) is 0 Å². The van der Waals surface area contributed by atoms with Crippen LogP contribution in [0.25, 0.3) is 64.0 Å². The van der Waals surface area contributed by atoms with Gasteiger partial charge in [-0.25, -0.2) is 0 Å². The molecule has 2 aromatic heterocycles. The Morgan fingerprint density at radius 1 is 0.511 bits per heavy atom. The third-order valence-corrected chi connectivity index (χ3v) is 10.7. The molecule has 0 spiro atoms. The number of fused-ring (bicyclic) bond motifs is 7. The molecule has 0 radical (unpaired) electrons.